The van der Waals surface area contributed by atoms with Crippen molar-refractivity contribution >= 4 is 17.5 Å². The van der Waals surface area contributed by atoms with Gasteiger partial charge in [0.1, 0.15) is 17.6 Å². The van der Waals surface area contributed by atoms with Gasteiger partial charge in [0.05, 0.1) is 12.8 Å². The maximum Gasteiger partial charge on any atom is 0.221 e. The van der Waals surface area contributed by atoms with Crippen molar-refractivity contribution in [3.05, 3.63) is 53.3 Å². The smallest absolute Gasteiger partial charge is 0.221 e. The van der Waals surface area contributed by atoms with Gasteiger partial charge in [0.2, 0.25) is 5.91 Å². The number of rotatable bonds is 8. The third-order valence-corrected chi connectivity index (χ3v) is 4.70. The molecule has 7 heteroatoms. The Kier molecular flexibility index (Phi) is 7.51. The summed E-state index contributed by atoms with van der Waals surface area (Å²) < 4.78 is 11.5. The van der Waals surface area contributed by atoms with Crippen LogP contribution < -0.4 is 14.8 Å². The molecule has 2 aromatic rings. The van der Waals surface area contributed by atoms with Crippen LogP contribution in [0.4, 0.5) is 0 Å². The molecule has 1 amide bonds. The van der Waals surface area contributed by atoms with Crippen molar-refractivity contribution < 1.29 is 14.3 Å². The van der Waals surface area contributed by atoms with Gasteiger partial charge in [-0.25, -0.2) is 0 Å². The van der Waals surface area contributed by atoms with Crippen molar-refractivity contribution in [2.45, 2.75) is 32.4 Å². The summed E-state index contributed by atoms with van der Waals surface area (Å²) in [6.45, 7) is 5.36. The minimum absolute atomic E-state index is 0.0468. The summed E-state index contributed by atoms with van der Waals surface area (Å²) in [7, 11) is 0. The number of hydrogen-bond acceptors (Lipinski definition) is 5. The Morgan fingerprint density at radius 1 is 1.43 bits per heavy atom. The summed E-state index contributed by atoms with van der Waals surface area (Å²) in [4.78, 5) is 18.4. The topological polar surface area (TPSA) is 63.7 Å². The fraction of sp³-hybridized carbons (Fsp3) is 0.429. The number of hydrogen-bond donors (Lipinski definition) is 1. The van der Waals surface area contributed by atoms with Crippen LogP contribution in [-0.4, -0.2) is 48.1 Å². The lowest BCUT2D eigenvalue weighted by Crippen LogP contribution is -2.35. The summed E-state index contributed by atoms with van der Waals surface area (Å²) in [5, 5.41) is 3.65. The molecule has 0 radical (unpaired) electrons. The van der Waals surface area contributed by atoms with Crippen molar-refractivity contribution in [2.24, 2.45) is 0 Å². The van der Waals surface area contributed by atoms with Crippen molar-refractivity contribution in [2.75, 3.05) is 26.2 Å². The highest BCUT2D eigenvalue weighted by Crippen LogP contribution is 2.28. The quantitative estimate of drug-likeness (QED) is 0.685. The second kappa shape index (κ2) is 10.3. The highest BCUT2D eigenvalue weighted by molar-refractivity contribution is 6.30. The van der Waals surface area contributed by atoms with E-state index in [1.54, 1.807) is 12.4 Å². The molecule has 150 valence electrons. The number of halogens is 1. The van der Waals surface area contributed by atoms with Crippen LogP contribution in [0, 0.1) is 0 Å². The molecule has 0 saturated heterocycles. The number of carbonyl (C=O) groups excluding carboxylic acids is 1. The van der Waals surface area contributed by atoms with E-state index in [9.17, 15) is 4.79 Å². The van der Waals surface area contributed by atoms with Crippen molar-refractivity contribution in [1.82, 2.24) is 15.2 Å². The molecule has 1 aliphatic rings. The number of carbonyl (C=O) groups is 1. The SMILES string of the molecule is C[C@H]1CN(CCC(=O)NCCCOc2cccnc2)Cc2cc(Cl)ccc2O1. The summed E-state index contributed by atoms with van der Waals surface area (Å²) in [6, 6.07) is 9.39. The third kappa shape index (κ3) is 6.39. The fourth-order valence-corrected chi connectivity index (χ4v) is 3.35. The van der Waals surface area contributed by atoms with Crippen molar-refractivity contribution in [3.63, 3.8) is 0 Å². The van der Waals surface area contributed by atoms with E-state index >= 15 is 0 Å². The molecule has 1 N–H and O–H groups in total. The van der Waals surface area contributed by atoms with Gasteiger partial charge in [-0.2, -0.15) is 0 Å². The lowest BCUT2D eigenvalue weighted by molar-refractivity contribution is -0.121. The largest absolute Gasteiger partial charge is 0.492 e. The van der Waals surface area contributed by atoms with Gasteiger partial charge >= 0.3 is 0 Å². The number of nitrogens with zero attached hydrogens (tertiary/aromatic N) is 2. The number of benzene rings is 1. The molecular weight excluding hydrogens is 378 g/mol. The summed E-state index contributed by atoms with van der Waals surface area (Å²) in [6.07, 6.45) is 4.65. The highest BCUT2D eigenvalue weighted by atomic mass is 35.5. The van der Waals surface area contributed by atoms with Gasteiger partial charge in [0.15, 0.2) is 0 Å². The molecule has 0 bridgehead atoms. The second-order valence-corrected chi connectivity index (χ2v) is 7.34. The second-order valence-electron chi connectivity index (χ2n) is 6.91. The number of nitrogens with one attached hydrogen (secondary N) is 1. The van der Waals surface area contributed by atoms with Gasteiger partial charge in [-0.05, 0) is 43.7 Å². The molecule has 0 saturated carbocycles. The Hall–Kier alpha value is -2.31. The first-order valence-corrected chi connectivity index (χ1v) is 9.95. The summed E-state index contributed by atoms with van der Waals surface area (Å²) in [5.74, 6) is 1.66. The van der Waals surface area contributed by atoms with Crippen LogP contribution in [0.5, 0.6) is 11.5 Å². The van der Waals surface area contributed by atoms with Gasteiger partial charge < -0.3 is 14.8 Å². The lowest BCUT2D eigenvalue weighted by atomic mass is 10.2. The average Bonchev–Trinajstić information content (AvgIpc) is 2.84. The number of amides is 1. The molecule has 1 atom stereocenters. The minimum Gasteiger partial charge on any atom is -0.492 e. The minimum atomic E-state index is 0.0468. The zero-order valence-corrected chi connectivity index (χ0v) is 16.8. The van der Waals surface area contributed by atoms with E-state index in [0.717, 1.165) is 36.6 Å². The zero-order valence-electron chi connectivity index (χ0n) is 16.1. The molecule has 0 unspecified atom stereocenters. The first kappa shape index (κ1) is 20.4. The third-order valence-electron chi connectivity index (χ3n) is 4.46. The van der Waals surface area contributed by atoms with Gasteiger partial charge in [-0.1, -0.05) is 11.6 Å². The van der Waals surface area contributed by atoms with Crippen molar-refractivity contribution in [3.8, 4) is 11.5 Å². The van der Waals surface area contributed by atoms with E-state index in [4.69, 9.17) is 21.1 Å². The first-order valence-electron chi connectivity index (χ1n) is 9.57. The van der Waals surface area contributed by atoms with Gasteiger partial charge in [0.25, 0.3) is 0 Å². The van der Waals surface area contributed by atoms with Crippen LogP contribution in [0.1, 0.15) is 25.3 Å². The van der Waals surface area contributed by atoms with E-state index in [0.29, 0.717) is 31.1 Å². The predicted octanol–water partition coefficient (Wildman–Crippen LogP) is 3.29. The number of pyridine rings is 1. The molecule has 1 aromatic heterocycles. The zero-order chi connectivity index (χ0) is 19.8. The number of aromatic nitrogens is 1. The molecule has 28 heavy (non-hydrogen) atoms. The summed E-state index contributed by atoms with van der Waals surface area (Å²) >= 11 is 6.11. The van der Waals surface area contributed by atoms with Crippen LogP contribution in [0.25, 0.3) is 0 Å². The fourth-order valence-electron chi connectivity index (χ4n) is 3.15. The maximum absolute atomic E-state index is 12.1. The van der Waals surface area contributed by atoms with Crippen LogP contribution in [0.15, 0.2) is 42.7 Å². The normalized spacial score (nSPS) is 16.6. The standard InChI is InChI=1S/C21H26ClN3O3/c1-16-14-25(15-17-12-18(22)5-6-20(17)28-16)10-7-21(26)24-9-3-11-27-19-4-2-8-23-13-19/h2,4-6,8,12-13,16H,3,7,9-11,14-15H2,1H3,(H,24,26)/t16-/m0/s1. The van der Waals surface area contributed by atoms with Gasteiger partial charge in [-0.15, -0.1) is 0 Å². The van der Waals surface area contributed by atoms with Crippen LogP contribution in [0.2, 0.25) is 5.02 Å². The first-order chi connectivity index (χ1) is 13.6. The predicted molar refractivity (Wildman–Crippen MR) is 109 cm³/mol. The Balaban J connectivity index is 1.37. The van der Waals surface area contributed by atoms with E-state index < -0.39 is 0 Å². The van der Waals surface area contributed by atoms with E-state index in [2.05, 4.69) is 15.2 Å². The van der Waals surface area contributed by atoms with Gasteiger partial charge in [0, 0.05) is 49.4 Å². The maximum atomic E-state index is 12.1. The molecule has 6 nitrogen and oxygen atoms in total. The highest BCUT2D eigenvalue weighted by Gasteiger charge is 2.20. The number of ether oxygens (including phenoxy) is 2. The molecule has 3 rings (SSSR count). The number of fused-ring (bicyclic) bond motifs is 1. The summed E-state index contributed by atoms with van der Waals surface area (Å²) in [5.41, 5.74) is 1.06. The Morgan fingerprint density at radius 2 is 2.32 bits per heavy atom. The molecule has 1 aromatic carbocycles. The van der Waals surface area contributed by atoms with Crippen LogP contribution in [-0.2, 0) is 11.3 Å². The van der Waals surface area contributed by atoms with E-state index in [1.807, 2.05) is 37.3 Å². The molecule has 2 heterocycles. The van der Waals surface area contributed by atoms with E-state index in [1.165, 1.54) is 0 Å². The Labute approximate surface area is 170 Å². The molecule has 1 aliphatic heterocycles. The molecular formula is C21H26ClN3O3. The van der Waals surface area contributed by atoms with Crippen LogP contribution >= 0.6 is 11.6 Å². The lowest BCUT2D eigenvalue weighted by Gasteiger charge is -2.21. The molecule has 0 fully saturated rings. The Morgan fingerprint density at radius 3 is 3.14 bits per heavy atom. The van der Waals surface area contributed by atoms with Crippen molar-refractivity contribution in [1.29, 1.82) is 0 Å². The van der Waals surface area contributed by atoms with Gasteiger partial charge in [-0.3, -0.25) is 14.7 Å². The monoisotopic (exact) mass is 403 g/mol. The van der Waals surface area contributed by atoms with E-state index in [-0.39, 0.29) is 12.0 Å². The van der Waals surface area contributed by atoms with Crippen LogP contribution in [0.3, 0.4) is 0 Å². The average molecular weight is 404 g/mol. The molecule has 0 aliphatic carbocycles. The Bertz CT molecular complexity index is 773. The molecule has 0 spiro atoms.